The summed E-state index contributed by atoms with van der Waals surface area (Å²) in [6, 6.07) is 22.4. The van der Waals surface area contributed by atoms with Gasteiger partial charge in [0.25, 0.3) is 0 Å². The summed E-state index contributed by atoms with van der Waals surface area (Å²) in [5.41, 5.74) is 3.69. The summed E-state index contributed by atoms with van der Waals surface area (Å²) in [6.45, 7) is 1.84. The average molecular weight is 472 g/mol. The molecule has 0 spiro atoms. The van der Waals surface area contributed by atoms with Crippen LogP contribution in [-0.2, 0) is 11.0 Å². The molecule has 1 aliphatic rings. The Kier molecular flexibility index (Phi) is 6.95. The van der Waals surface area contributed by atoms with Gasteiger partial charge in [-0.1, -0.05) is 71.7 Å². The van der Waals surface area contributed by atoms with Crippen LogP contribution < -0.4 is 0 Å². The van der Waals surface area contributed by atoms with E-state index in [9.17, 15) is 9.32 Å². The Labute approximate surface area is 195 Å². The van der Waals surface area contributed by atoms with Crippen LogP contribution in [0.1, 0.15) is 35.2 Å². The van der Waals surface area contributed by atoms with Gasteiger partial charge in [-0.05, 0) is 65.9 Å². The van der Waals surface area contributed by atoms with Crippen molar-refractivity contribution in [2.45, 2.75) is 30.3 Å². The highest BCUT2D eigenvalue weighted by Gasteiger charge is 2.38. The number of aliphatic hydroxyl groups is 1. The lowest BCUT2D eigenvalue weighted by atomic mass is 9.90. The van der Waals surface area contributed by atoms with Crippen LogP contribution in [0.25, 0.3) is 0 Å². The molecule has 1 N–H and O–H groups in total. The number of benzene rings is 3. The van der Waals surface area contributed by atoms with Gasteiger partial charge in [0, 0.05) is 10.0 Å². The second-order valence-electron chi connectivity index (χ2n) is 7.57. The van der Waals surface area contributed by atoms with Gasteiger partial charge in [-0.15, -0.1) is 0 Å². The van der Waals surface area contributed by atoms with Crippen molar-refractivity contribution >= 4 is 34.2 Å². The summed E-state index contributed by atoms with van der Waals surface area (Å²) in [5.74, 6) is 0. The first-order valence-electron chi connectivity index (χ1n) is 10.1. The Morgan fingerprint density at radius 3 is 2.39 bits per heavy atom. The molecule has 6 heteroatoms. The van der Waals surface area contributed by atoms with Crippen molar-refractivity contribution in [1.82, 2.24) is 4.31 Å². The minimum Gasteiger partial charge on any atom is -0.392 e. The number of nitrogens with zero attached hydrogens (tertiary/aromatic N) is 1. The van der Waals surface area contributed by atoms with E-state index in [1.807, 2.05) is 84.0 Å². The lowest BCUT2D eigenvalue weighted by Crippen LogP contribution is -2.39. The van der Waals surface area contributed by atoms with Gasteiger partial charge in [0.1, 0.15) is 11.0 Å². The van der Waals surface area contributed by atoms with Crippen molar-refractivity contribution < 1.29 is 9.32 Å². The van der Waals surface area contributed by atoms with Crippen LogP contribution in [0.2, 0.25) is 10.0 Å². The molecule has 1 heterocycles. The van der Waals surface area contributed by atoms with E-state index in [1.54, 1.807) is 0 Å². The van der Waals surface area contributed by atoms with E-state index in [1.165, 1.54) is 0 Å². The lowest BCUT2D eigenvalue weighted by molar-refractivity contribution is 0.239. The van der Waals surface area contributed by atoms with Crippen molar-refractivity contribution in [2.24, 2.45) is 0 Å². The van der Waals surface area contributed by atoms with E-state index in [0.29, 0.717) is 16.5 Å². The highest BCUT2D eigenvalue weighted by molar-refractivity contribution is 7.82. The van der Waals surface area contributed by atoms with Gasteiger partial charge in [-0.25, -0.2) is 8.51 Å². The number of halogens is 2. The molecule has 3 unspecified atom stereocenters. The molecular formula is C25H23Cl2NO2S. The monoisotopic (exact) mass is 471 g/mol. The Hall–Kier alpha value is -1.95. The molecule has 160 valence electrons. The molecular weight excluding hydrogens is 449 g/mol. The molecule has 3 nitrogen and oxygen atoms in total. The summed E-state index contributed by atoms with van der Waals surface area (Å²) < 4.78 is 16.1. The zero-order valence-electron chi connectivity index (χ0n) is 17.0. The van der Waals surface area contributed by atoms with Crippen LogP contribution in [0, 0.1) is 6.92 Å². The van der Waals surface area contributed by atoms with Gasteiger partial charge >= 0.3 is 0 Å². The minimum atomic E-state index is -1.47. The minimum absolute atomic E-state index is 0.119. The molecule has 0 amide bonds. The molecule has 4 rings (SSSR count). The molecule has 1 aliphatic heterocycles. The molecule has 3 atom stereocenters. The maximum absolute atomic E-state index is 14.1. The van der Waals surface area contributed by atoms with E-state index in [2.05, 4.69) is 6.08 Å². The zero-order chi connectivity index (χ0) is 22.0. The summed E-state index contributed by atoms with van der Waals surface area (Å²) in [6.07, 6.45) is 2.68. The quantitative estimate of drug-likeness (QED) is 0.435. The van der Waals surface area contributed by atoms with E-state index in [0.717, 1.165) is 27.2 Å². The van der Waals surface area contributed by atoms with Gasteiger partial charge in [-0.3, -0.25) is 0 Å². The third kappa shape index (κ3) is 4.64. The van der Waals surface area contributed by atoms with Gasteiger partial charge in [0.05, 0.1) is 23.6 Å². The largest absolute Gasteiger partial charge is 0.392 e. The van der Waals surface area contributed by atoms with Crippen molar-refractivity contribution in [3.63, 3.8) is 0 Å². The molecule has 0 radical (unpaired) electrons. The van der Waals surface area contributed by atoms with Crippen molar-refractivity contribution in [3.8, 4) is 0 Å². The lowest BCUT2D eigenvalue weighted by Gasteiger charge is -2.41. The molecule has 0 bridgehead atoms. The standard InChI is InChI=1S/C25H23Cl2NO2S/c1-17-5-2-3-8-24(17)31(30)28-23(18-9-12-21(26)13-10-18)14-11-20(16-29)25(28)19-6-4-7-22(27)15-19/h2-13,15,23,25,29H,14,16H2,1H3. The molecule has 0 saturated carbocycles. The summed E-state index contributed by atoms with van der Waals surface area (Å²) in [7, 11) is -1.47. The molecule has 0 aromatic heterocycles. The van der Waals surface area contributed by atoms with E-state index in [4.69, 9.17) is 23.2 Å². The fourth-order valence-corrected chi connectivity index (χ4v) is 6.03. The number of rotatable bonds is 5. The van der Waals surface area contributed by atoms with E-state index >= 15 is 0 Å². The van der Waals surface area contributed by atoms with Crippen LogP contribution in [0.3, 0.4) is 0 Å². The number of aliphatic hydroxyl groups excluding tert-OH is 1. The van der Waals surface area contributed by atoms with Crippen LogP contribution in [-0.4, -0.2) is 20.2 Å². The van der Waals surface area contributed by atoms with Gasteiger partial charge in [0.15, 0.2) is 0 Å². The Bertz CT molecular complexity index is 1130. The van der Waals surface area contributed by atoms with Crippen LogP contribution in [0.5, 0.6) is 0 Å². The van der Waals surface area contributed by atoms with Crippen LogP contribution in [0.15, 0.2) is 89.3 Å². The van der Waals surface area contributed by atoms with Gasteiger partial charge < -0.3 is 5.11 Å². The molecule has 0 fully saturated rings. The summed E-state index contributed by atoms with van der Waals surface area (Å²) in [5, 5.41) is 11.4. The van der Waals surface area contributed by atoms with E-state index < -0.39 is 11.0 Å². The fourth-order valence-electron chi connectivity index (χ4n) is 4.06. The Morgan fingerprint density at radius 2 is 1.71 bits per heavy atom. The highest BCUT2D eigenvalue weighted by Crippen LogP contribution is 2.44. The van der Waals surface area contributed by atoms with Crippen LogP contribution >= 0.6 is 23.2 Å². The number of hydrogen-bond acceptors (Lipinski definition) is 2. The van der Waals surface area contributed by atoms with Crippen molar-refractivity contribution in [3.05, 3.63) is 111 Å². The van der Waals surface area contributed by atoms with Crippen molar-refractivity contribution in [2.75, 3.05) is 6.61 Å². The zero-order valence-corrected chi connectivity index (χ0v) is 19.4. The maximum atomic E-state index is 14.1. The second-order valence-corrected chi connectivity index (χ2v) is 9.80. The fraction of sp³-hybridized carbons (Fsp3) is 0.200. The molecule has 3 aromatic rings. The van der Waals surface area contributed by atoms with E-state index in [-0.39, 0.29) is 18.7 Å². The predicted molar refractivity (Wildman–Crippen MR) is 128 cm³/mol. The smallest absolute Gasteiger partial charge is 0.129 e. The summed E-state index contributed by atoms with van der Waals surface area (Å²) >= 11 is 12.4. The van der Waals surface area contributed by atoms with Crippen LogP contribution in [0.4, 0.5) is 0 Å². The number of hydrogen-bond donors (Lipinski definition) is 1. The van der Waals surface area contributed by atoms with Gasteiger partial charge in [0.2, 0.25) is 0 Å². The third-order valence-corrected chi connectivity index (χ3v) is 7.76. The molecule has 31 heavy (non-hydrogen) atoms. The Morgan fingerprint density at radius 1 is 0.968 bits per heavy atom. The molecule has 0 saturated heterocycles. The predicted octanol–water partition coefficient (Wildman–Crippen LogP) is 6.43. The van der Waals surface area contributed by atoms with Gasteiger partial charge in [-0.2, -0.15) is 0 Å². The molecule has 3 aromatic carbocycles. The molecule has 0 aliphatic carbocycles. The third-order valence-electron chi connectivity index (χ3n) is 5.59. The highest BCUT2D eigenvalue weighted by atomic mass is 35.5. The Balaban J connectivity index is 1.89. The summed E-state index contributed by atoms with van der Waals surface area (Å²) in [4.78, 5) is 0.757. The average Bonchev–Trinajstić information content (AvgIpc) is 2.78. The van der Waals surface area contributed by atoms with Crippen molar-refractivity contribution in [1.29, 1.82) is 0 Å². The first-order valence-corrected chi connectivity index (χ1v) is 11.9. The SMILES string of the molecule is Cc1ccccc1S(=O)N1C(c2ccc(Cl)cc2)CC=C(CO)C1c1cccc(Cl)c1. The second kappa shape index (κ2) is 9.68. The first kappa shape index (κ1) is 22.3. The normalized spacial score (nSPS) is 20.3. The first-order chi connectivity index (χ1) is 15.0. The topological polar surface area (TPSA) is 40.5 Å². The maximum Gasteiger partial charge on any atom is 0.129 e. The number of aryl methyl sites for hydroxylation is 1.